The Morgan fingerprint density at radius 2 is 1.88 bits per heavy atom. The first-order valence-electron chi connectivity index (χ1n) is 6.14. The normalized spacial score (nSPS) is 28.8. The molecule has 1 saturated carbocycles. The van der Waals surface area contributed by atoms with Crippen LogP contribution in [0.25, 0.3) is 0 Å². The number of hydrogen-bond donors (Lipinski definition) is 0. The van der Waals surface area contributed by atoms with E-state index in [9.17, 15) is 8.42 Å². The van der Waals surface area contributed by atoms with Gasteiger partial charge in [-0.25, -0.2) is 8.42 Å². The quantitative estimate of drug-likeness (QED) is 0.806. The van der Waals surface area contributed by atoms with Gasteiger partial charge in [-0.05, 0) is 43.7 Å². The molecule has 0 spiro atoms. The summed E-state index contributed by atoms with van der Waals surface area (Å²) < 4.78 is 26.4. The van der Waals surface area contributed by atoms with Crippen LogP contribution < -0.4 is 0 Å². The molecular formula is C13H17NO2S. The highest BCUT2D eigenvalue weighted by atomic mass is 32.2. The highest BCUT2D eigenvalue weighted by Gasteiger charge is 2.44. The predicted octanol–water partition coefficient (Wildman–Crippen LogP) is 2.03. The minimum absolute atomic E-state index is 0.433. The first-order valence-corrected chi connectivity index (χ1v) is 7.58. The molecule has 0 amide bonds. The molecule has 1 heterocycles. The molecule has 92 valence electrons. The van der Waals surface area contributed by atoms with Crippen LogP contribution >= 0.6 is 0 Å². The molecular weight excluding hydrogens is 234 g/mol. The van der Waals surface area contributed by atoms with Crippen molar-refractivity contribution in [2.45, 2.75) is 24.7 Å². The molecule has 3 rings (SSSR count). The summed E-state index contributed by atoms with van der Waals surface area (Å²) in [6.07, 6.45) is 2.26. The molecule has 1 aliphatic carbocycles. The molecule has 0 N–H and O–H groups in total. The van der Waals surface area contributed by atoms with Crippen molar-refractivity contribution in [2.75, 3.05) is 13.1 Å². The summed E-state index contributed by atoms with van der Waals surface area (Å²) >= 11 is 0. The van der Waals surface area contributed by atoms with E-state index in [4.69, 9.17) is 0 Å². The SMILES string of the molecule is Cc1ccc(S(=O)(=O)N2CC[C@H]3C[C@H]3C2)cc1. The van der Waals surface area contributed by atoms with E-state index >= 15 is 0 Å². The average Bonchev–Trinajstić information content (AvgIpc) is 3.07. The molecule has 4 heteroatoms. The van der Waals surface area contributed by atoms with Gasteiger partial charge in [-0.2, -0.15) is 4.31 Å². The van der Waals surface area contributed by atoms with Gasteiger partial charge < -0.3 is 0 Å². The Kier molecular flexibility index (Phi) is 2.52. The van der Waals surface area contributed by atoms with E-state index in [0.717, 1.165) is 24.4 Å². The predicted molar refractivity (Wildman–Crippen MR) is 66.2 cm³/mol. The fourth-order valence-corrected chi connectivity index (χ4v) is 4.14. The van der Waals surface area contributed by atoms with Crippen LogP contribution in [0.3, 0.4) is 0 Å². The Bertz CT molecular complexity index is 521. The first kappa shape index (κ1) is 11.2. The molecule has 3 nitrogen and oxygen atoms in total. The van der Waals surface area contributed by atoms with Gasteiger partial charge in [0.25, 0.3) is 0 Å². The highest BCUT2D eigenvalue weighted by molar-refractivity contribution is 7.89. The maximum atomic E-state index is 12.4. The molecule has 1 aromatic carbocycles. The second-order valence-electron chi connectivity index (χ2n) is 5.22. The smallest absolute Gasteiger partial charge is 0.207 e. The molecule has 1 saturated heterocycles. The van der Waals surface area contributed by atoms with Crippen LogP contribution in [0, 0.1) is 18.8 Å². The fourth-order valence-electron chi connectivity index (χ4n) is 2.63. The highest BCUT2D eigenvalue weighted by Crippen LogP contribution is 2.45. The third-order valence-corrected chi connectivity index (χ3v) is 5.79. The molecule has 2 fully saturated rings. The lowest BCUT2D eigenvalue weighted by atomic mass is 10.2. The summed E-state index contributed by atoms with van der Waals surface area (Å²) in [6, 6.07) is 7.14. The lowest BCUT2D eigenvalue weighted by Crippen LogP contribution is -2.36. The lowest BCUT2D eigenvalue weighted by molar-refractivity contribution is 0.334. The van der Waals surface area contributed by atoms with Crippen molar-refractivity contribution >= 4 is 10.0 Å². The Hall–Kier alpha value is -0.870. The van der Waals surface area contributed by atoms with Gasteiger partial charge in [-0.15, -0.1) is 0 Å². The number of sulfonamides is 1. The van der Waals surface area contributed by atoms with Gasteiger partial charge in [0.15, 0.2) is 0 Å². The largest absolute Gasteiger partial charge is 0.243 e. The molecule has 0 bridgehead atoms. The van der Waals surface area contributed by atoms with Crippen LogP contribution in [0.4, 0.5) is 0 Å². The maximum absolute atomic E-state index is 12.4. The van der Waals surface area contributed by atoms with E-state index < -0.39 is 10.0 Å². The van der Waals surface area contributed by atoms with Crippen molar-refractivity contribution in [1.82, 2.24) is 4.31 Å². The minimum atomic E-state index is -3.25. The first-order chi connectivity index (χ1) is 8.07. The summed E-state index contributed by atoms with van der Waals surface area (Å²) in [7, 11) is -3.25. The van der Waals surface area contributed by atoms with Gasteiger partial charge >= 0.3 is 0 Å². The second-order valence-corrected chi connectivity index (χ2v) is 7.16. The molecule has 17 heavy (non-hydrogen) atoms. The van der Waals surface area contributed by atoms with Crippen LogP contribution in [0.5, 0.6) is 0 Å². The van der Waals surface area contributed by atoms with E-state index in [1.165, 1.54) is 6.42 Å². The third-order valence-electron chi connectivity index (χ3n) is 3.92. The minimum Gasteiger partial charge on any atom is -0.207 e. The van der Waals surface area contributed by atoms with E-state index in [1.807, 2.05) is 19.1 Å². The third kappa shape index (κ3) is 2.00. The standard InChI is InChI=1S/C13H17NO2S/c1-10-2-4-13(5-3-10)17(15,16)14-7-6-11-8-12(11)9-14/h2-5,11-12H,6-9H2,1H3/t11-,12-/m0/s1. The zero-order valence-electron chi connectivity index (χ0n) is 9.96. The lowest BCUT2D eigenvalue weighted by Gasteiger charge is -2.25. The number of fused-ring (bicyclic) bond motifs is 1. The van der Waals surface area contributed by atoms with Gasteiger partial charge in [-0.1, -0.05) is 17.7 Å². The van der Waals surface area contributed by atoms with Crippen molar-refractivity contribution in [3.05, 3.63) is 29.8 Å². The zero-order chi connectivity index (χ0) is 12.0. The van der Waals surface area contributed by atoms with Gasteiger partial charge in [0, 0.05) is 13.1 Å². The fraction of sp³-hybridized carbons (Fsp3) is 0.538. The molecule has 0 aromatic heterocycles. The molecule has 2 atom stereocenters. The van der Waals surface area contributed by atoms with E-state index in [-0.39, 0.29) is 0 Å². The monoisotopic (exact) mass is 251 g/mol. The van der Waals surface area contributed by atoms with E-state index in [2.05, 4.69) is 0 Å². The van der Waals surface area contributed by atoms with E-state index in [0.29, 0.717) is 17.4 Å². The van der Waals surface area contributed by atoms with E-state index in [1.54, 1.807) is 16.4 Å². The van der Waals surface area contributed by atoms with Crippen LogP contribution in [0.15, 0.2) is 29.2 Å². The zero-order valence-corrected chi connectivity index (χ0v) is 10.8. The Labute approximate surface area is 102 Å². The molecule has 0 radical (unpaired) electrons. The topological polar surface area (TPSA) is 37.4 Å². The number of rotatable bonds is 2. The van der Waals surface area contributed by atoms with Crippen LogP contribution in [-0.2, 0) is 10.0 Å². The van der Waals surface area contributed by atoms with Gasteiger partial charge in [0.05, 0.1) is 4.90 Å². The molecule has 2 aliphatic rings. The van der Waals surface area contributed by atoms with Crippen molar-refractivity contribution in [1.29, 1.82) is 0 Å². The number of piperidine rings is 1. The summed E-state index contributed by atoms with van der Waals surface area (Å²) in [5, 5.41) is 0. The molecule has 1 aromatic rings. The van der Waals surface area contributed by atoms with Gasteiger partial charge in [-0.3, -0.25) is 0 Å². The van der Waals surface area contributed by atoms with Crippen molar-refractivity contribution in [2.24, 2.45) is 11.8 Å². The van der Waals surface area contributed by atoms with Crippen molar-refractivity contribution in [3.8, 4) is 0 Å². The summed E-state index contributed by atoms with van der Waals surface area (Å²) in [6.45, 7) is 3.38. The number of aryl methyl sites for hydroxylation is 1. The summed E-state index contributed by atoms with van der Waals surface area (Å²) in [4.78, 5) is 0.433. The Morgan fingerprint density at radius 1 is 1.18 bits per heavy atom. The second kappa shape index (κ2) is 3.82. The van der Waals surface area contributed by atoms with Gasteiger partial charge in [0.1, 0.15) is 0 Å². The van der Waals surface area contributed by atoms with Crippen molar-refractivity contribution < 1.29 is 8.42 Å². The number of hydrogen-bond acceptors (Lipinski definition) is 2. The summed E-state index contributed by atoms with van der Waals surface area (Å²) in [5.41, 5.74) is 1.09. The number of benzene rings is 1. The average molecular weight is 251 g/mol. The molecule has 0 unspecified atom stereocenters. The Balaban J connectivity index is 1.87. The van der Waals surface area contributed by atoms with Gasteiger partial charge in [0.2, 0.25) is 10.0 Å². The van der Waals surface area contributed by atoms with Crippen LogP contribution in [-0.4, -0.2) is 25.8 Å². The maximum Gasteiger partial charge on any atom is 0.243 e. The van der Waals surface area contributed by atoms with Crippen LogP contribution in [0.1, 0.15) is 18.4 Å². The number of nitrogens with zero attached hydrogens (tertiary/aromatic N) is 1. The summed E-state index contributed by atoms with van der Waals surface area (Å²) in [5.74, 6) is 1.43. The van der Waals surface area contributed by atoms with Crippen molar-refractivity contribution in [3.63, 3.8) is 0 Å². The molecule has 1 aliphatic heterocycles. The van der Waals surface area contributed by atoms with Crippen LogP contribution in [0.2, 0.25) is 0 Å². The Morgan fingerprint density at radius 3 is 2.53 bits per heavy atom.